The minimum Gasteiger partial charge on any atom is -0.476 e. The van der Waals surface area contributed by atoms with E-state index in [1.54, 1.807) is 4.90 Å². The number of aromatic nitrogens is 1. The van der Waals surface area contributed by atoms with Gasteiger partial charge in [0, 0.05) is 44.7 Å². The van der Waals surface area contributed by atoms with Crippen molar-refractivity contribution < 1.29 is 14.3 Å². The Labute approximate surface area is 192 Å². The molecule has 9 nitrogen and oxygen atoms in total. The first-order valence-corrected chi connectivity index (χ1v) is 11.1. The smallest absolute Gasteiger partial charge is 0.298 e. The van der Waals surface area contributed by atoms with E-state index in [-0.39, 0.29) is 12.0 Å². The maximum atomic E-state index is 11.6. The number of thiazole rings is 1. The second kappa shape index (κ2) is 11.3. The van der Waals surface area contributed by atoms with E-state index in [0.717, 1.165) is 18.8 Å². The molecule has 0 atom stereocenters. The lowest BCUT2D eigenvalue weighted by Gasteiger charge is -2.31. The van der Waals surface area contributed by atoms with Crippen molar-refractivity contribution >= 4 is 28.2 Å². The van der Waals surface area contributed by atoms with Crippen LogP contribution < -0.4 is 5.32 Å². The van der Waals surface area contributed by atoms with Gasteiger partial charge in [0.1, 0.15) is 22.9 Å². The van der Waals surface area contributed by atoms with Gasteiger partial charge < -0.3 is 24.6 Å². The Morgan fingerprint density at radius 2 is 2.12 bits per heavy atom. The average molecular weight is 455 g/mol. The molecule has 2 aliphatic heterocycles. The van der Waals surface area contributed by atoms with Crippen LogP contribution >= 0.6 is 11.3 Å². The van der Waals surface area contributed by atoms with E-state index in [1.807, 2.05) is 13.0 Å². The Morgan fingerprint density at radius 1 is 1.41 bits per heavy atom. The molecule has 0 aliphatic carbocycles. The maximum Gasteiger partial charge on any atom is 0.298 e. The van der Waals surface area contributed by atoms with Gasteiger partial charge in [-0.25, -0.2) is 9.98 Å². The molecule has 0 spiro atoms. The number of nitrogens with zero attached hydrogens (tertiary/aromatic N) is 5. The summed E-state index contributed by atoms with van der Waals surface area (Å²) in [7, 11) is 0. The zero-order chi connectivity index (χ0) is 22.9. The number of hydrogen-bond acceptors (Lipinski definition) is 8. The van der Waals surface area contributed by atoms with Crippen LogP contribution in [0.15, 0.2) is 35.4 Å². The predicted molar refractivity (Wildman–Crippen MR) is 122 cm³/mol. The standard InChI is InChI=1S/C22H26N6O3S/c1-4-21(29)28-7-5-18(6-8-28)31-17(3)25-20(26-22-24-15-19(14-23)32-22)13-16(2)27-9-11-30-12-10-27/h1,13,15,18H,3,5-12H2,2H3,(H,24,25,26)/b16-13+. The molecular weight excluding hydrogens is 428 g/mol. The summed E-state index contributed by atoms with van der Waals surface area (Å²) in [6.07, 6.45) is 9.85. The summed E-state index contributed by atoms with van der Waals surface area (Å²) in [4.78, 5) is 24.7. The molecule has 0 aromatic carbocycles. The predicted octanol–water partition coefficient (Wildman–Crippen LogP) is 1.98. The second-order valence-corrected chi connectivity index (χ2v) is 8.31. The number of likely N-dealkylation sites (tertiary alicyclic amines) is 1. The Balaban J connectivity index is 1.67. The van der Waals surface area contributed by atoms with Crippen molar-refractivity contribution in [3.8, 4) is 18.4 Å². The number of nitriles is 1. The van der Waals surface area contributed by atoms with Crippen LogP contribution in [0.2, 0.25) is 0 Å². The summed E-state index contributed by atoms with van der Waals surface area (Å²) >= 11 is 1.21. The SMILES string of the molecule is C#CC(=O)N1CCC(OC(=C)NC(/C=C(\C)N2CCOCC2)=Nc2ncc(C#N)s2)CC1. The van der Waals surface area contributed by atoms with Crippen molar-refractivity contribution in [3.63, 3.8) is 0 Å². The molecule has 3 heterocycles. The van der Waals surface area contributed by atoms with Crippen LogP contribution in [0.1, 0.15) is 24.6 Å². The highest BCUT2D eigenvalue weighted by Crippen LogP contribution is 2.21. The Bertz CT molecular complexity index is 973. The average Bonchev–Trinajstić information content (AvgIpc) is 3.27. The highest BCUT2D eigenvalue weighted by atomic mass is 32.1. The Kier molecular flexibility index (Phi) is 8.26. The molecule has 0 saturated carbocycles. The normalized spacial score (nSPS) is 18.0. The quantitative estimate of drug-likeness (QED) is 0.303. The zero-order valence-electron chi connectivity index (χ0n) is 18.0. The fourth-order valence-corrected chi connectivity index (χ4v) is 4.01. The molecule has 3 rings (SSSR count). The van der Waals surface area contributed by atoms with Crippen molar-refractivity contribution in [3.05, 3.63) is 35.3 Å². The van der Waals surface area contributed by atoms with Crippen LogP contribution in [0.4, 0.5) is 5.13 Å². The van der Waals surface area contributed by atoms with Crippen LogP contribution in [0.25, 0.3) is 0 Å². The Morgan fingerprint density at radius 3 is 2.75 bits per heavy atom. The number of carbonyl (C=O) groups is 1. The van der Waals surface area contributed by atoms with Crippen LogP contribution in [0, 0.1) is 23.7 Å². The van der Waals surface area contributed by atoms with Crippen molar-refractivity contribution in [2.24, 2.45) is 4.99 Å². The van der Waals surface area contributed by atoms with Gasteiger partial charge in [0.15, 0.2) is 5.88 Å². The van der Waals surface area contributed by atoms with Gasteiger partial charge >= 0.3 is 0 Å². The van der Waals surface area contributed by atoms with Crippen LogP contribution in [0.3, 0.4) is 0 Å². The number of carbonyl (C=O) groups excluding carboxylic acids is 1. The van der Waals surface area contributed by atoms with Crippen LogP contribution in [0.5, 0.6) is 0 Å². The summed E-state index contributed by atoms with van der Waals surface area (Å²) in [6.45, 7) is 10.1. The number of morpholine rings is 1. The first kappa shape index (κ1) is 23.3. The largest absolute Gasteiger partial charge is 0.476 e. The van der Waals surface area contributed by atoms with Gasteiger partial charge in [-0.05, 0) is 25.5 Å². The second-order valence-electron chi connectivity index (χ2n) is 7.30. The first-order valence-electron chi connectivity index (χ1n) is 10.3. The third-order valence-electron chi connectivity index (χ3n) is 5.10. The summed E-state index contributed by atoms with van der Waals surface area (Å²) < 4.78 is 11.4. The number of amides is 1. The third-order valence-corrected chi connectivity index (χ3v) is 5.90. The first-order chi connectivity index (χ1) is 15.5. The van der Waals surface area contributed by atoms with Crippen molar-refractivity contribution in [2.75, 3.05) is 39.4 Å². The lowest BCUT2D eigenvalue weighted by Crippen LogP contribution is -2.41. The van der Waals surface area contributed by atoms with Crippen LogP contribution in [-0.2, 0) is 14.3 Å². The van der Waals surface area contributed by atoms with E-state index in [4.69, 9.17) is 21.2 Å². The van der Waals surface area contributed by atoms with Gasteiger partial charge in [-0.3, -0.25) is 4.79 Å². The van der Waals surface area contributed by atoms with Crippen molar-refractivity contribution in [2.45, 2.75) is 25.9 Å². The Hall–Kier alpha value is -3.34. The number of piperidine rings is 1. The molecule has 168 valence electrons. The molecule has 0 radical (unpaired) electrons. The fraction of sp³-hybridized carbons (Fsp3) is 0.455. The molecule has 10 heteroatoms. The lowest BCUT2D eigenvalue weighted by atomic mass is 10.1. The van der Waals surface area contributed by atoms with E-state index in [2.05, 4.69) is 38.8 Å². The molecular formula is C22H26N6O3S. The van der Waals surface area contributed by atoms with E-state index in [9.17, 15) is 4.79 Å². The summed E-state index contributed by atoms with van der Waals surface area (Å²) in [6, 6.07) is 2.07. The highest BCUT2D eigenvalue weighted by Gasteiger charge is 2.23. The van der Waals surface area contributed by atoms with Gasteiger partial charge in [-0.15, -0.1) is 6.42 Å². The summed E-state index contributed by atoms with van der Waals surface area (Å²) in [5, 5.41) is 12.6. The topological polar surface area (TPSA) is 103 Å². The monoisotopic (exact) mass is 454 g/mol. The molecule has 1 aromatic rings. The van der Waals surface area contributed by atoms with Gasteiger partial charge in [-0.1, -0.05) is 11.3 Å². The zero-order valence-corrected chi connectivity index (χ0v) is 18.9. The van der Waals surface area contributed by atoms with E-state index >= 15 is 0 Å². The number of terminal acetylenes is 1. The minimum absolute atomic E-state index is 0.0764. The van der Waals surface area contributed by atoms with E-state index in [0.29, 0.717) is 60.9 Å². The number of ether oxygens (including phenoxy) is 2. The number of amidine groups is 1. The molecule has 0 unspecified atom stereocenters. The molecule has 2 fully saturated rings. The number of allylic oxidation sites excluding steroid dienone is 1. The van der Waals surface area contributed by atoms with Crippen LogP contribution in [-0.4, -0.2) is 72.0 Å². The number of hydrogen-bond donors (Lipinski definition) is 1. The summed E-state index contributed by atoms with van der Waals surface area (Å²) in [5.41, 5.74) is 1.02. The number of rotatable bonds is 6. The van der Waals surface area contributed by atoms with Crippen molar-refractivity contribution in [1.29, 1.82) is 5.26 Å². The maximum absolute atomic E-state index is 11.6. The lowest BCUT2D eigenvalue weighted by molar-refractivity contribution is -0.127. The van der Waals surface area contributed by atoms with Gasteiger partial charge in [0.2, 0.25) is 5.13 Å². The number of nitrogens with one attached hydrogen (secondary N) is 1. The number of aliphatic imine (C=N–C) groups is 1. The van der Waals surface area contributed by atoms with E-state index in [1.165, 1.54) is 17.5 Å². The molecule has 2 aliphatic rings. The molecule has 2 saturated heterocycles. The van der Waals surface area contributed by atoms with Gasteiger partial charge in [-0.2, -0.15) is 5.26 Å². The molecule has 0 bridgehead atoms. The van der Waals surface area contributed by atoms with Gasteiger partial charge in [0.05, 0.1) is 19.4 Å². The molecule has 1 aromatic heterocycles. The van der Waals surface area contributed by atoms with E-state index < -0.39 is 0 Å². The minimum atomic E-state index is -0.293. The molecule has 32 heavy (non-hydrogen) atoms. The third kappa shape index (κ3) is 6.58. The van der Waals surface area contributed by atoms with Crippen molar-refractivity contribution in [1.82, 2.24) is 20.1 Å². The fourth-order valence-electron chi connectivity index (χ4n) is 3.41. The highest BCUT2D eigenvalue weighted by molar-refractivity contribution is 7.15. The molecule has 1 N–H and O–H groups in total. The molecule has 1 amide bonds. The van der Waals surface area contributed by atoms with Gasteiger partial charge in [0.25, 0.3) is 5.91 Å². The summed E-state index contributed by atoms with van der Waals surface area (Å²) in [5.74, 6) is 2.72.